The molecule has 0 aliphatic rings. The summed E-state index contributed by atoms with van der Waals surface area (Å²) in [4.78, 5) is 0. The van der Waals surface area contributed by atoms with E-state index < -0.39 is 0 Å². The zero-order valence-electron chi connectivity index (χ0n) is 102. The molecule has 0 saturated heterocycles. The number of aryl methyl sites for hydroxylation is 6. The Morgan fingerprint density at radius 3 is 0.473 bits per heavy atom. The van der Waals surface area contributed by atoms with Gasteiger partial charge in [-0.25, -0.2) is 0 Å². The average molecular weight is 2010 g/mol. The highest BCUT2D eigenvalue weighted by Gasteiger charge is 2.10. The fourth-order valence-corrected chi connectivity index (χ4v) is 14.1. The molecule has 0 heterocycles. The van der Waals surface area contributed by atoms with Gasteiger partial charge in [0.15, 0.2) is 0 Å². The first-order chi connectivity index (χ1) is 74.0. The van der Waals surface area contributed by atoms with Crippen LogP contribution < -0.4 is 0 Å². The minimum atomic E-state index is 1.26. The van der Waals surface area contributed by atoms with Crippen LogP contribution in [-0.2, 0) is 0 Å². The second-order valence-electron chi connectivity index (χ2n) is 28.7. The Labute approximate surface area is 924 Å². The summed E-state index contributed by atoms with van der Waals surface area (Å²) in [5, 5.41) is 0. The van der Waals surface area contributed by atoms with E-state index in [0.29, 0.717) is 0 Å². The molecule has 18 rings (SSSR count). The maximum atomic E-state index is 2.26. The fourth-order valence-electron chi connectivity index (χ4n) is 14.1. The van der Waals surface area contributed by atoms with Crippen molar-refractivity contribution in [1.82, 2.24) is 0 Å². The van der Waals surface area contributed by atoms with Gasteiger partial charge in [0, 0.05) is 0 Å². The molecule has 0 saturated carbocycles. The van der Waals surface area contributed by atoms with Gasteiger partial charge in [-0.1, -0.05) is 726 Å². The molecule has 18 aromatic carbocycles. The first-order valence-corrected chi connectivity index (χ1v) is 57.3. The molecule has 0 N–H and O–H groups in total. The van der Waals surface area contributed by atoms with E-state index in [9.17, 15) is 0 Å². The van der Waals surface area contributed by atoms with E-state index in [1.54, 1.807) is 0 Å². The standard InChI is InChI=1S/6C19H16.18C2H6/c1-15-7-5-10-17(13-15)19-12-6-11-18(14-19)16-8-3-2-4-9-16;1-15-8-7-11-17(14-15)19-13-6-5-12-18(19)16-9-3-2-4-10-16;1-15-8-5-6-13-19(15)18-12-7-11-17(14-18)16-9-3-2-4-10-16;1-15-7-5-6-10-19(15)18-13-11-17(12-14-18)16-8-3-2-4-9-16;1-15-6-5-9-19(14-15)18-12-10-17(11-13-18)16-7-3-2-4-8-16;1-15-10-12-17(13-11-15)19-9-5-8-18(14-19)16-6-3-2-4-7-16;18*1-2/h6*2-14H,1H3;18*1-2H3. The van der Waals surface area contributed by atoms with Gasteiger partial charge in [0.05, 0.1) is 0 Å². The second-order valence-corrected chi connectivity index (χ2v) is 28.7. The first-order valence-electron chi connectivity index (χ1n) is 57.3. The molecule has 804 valence electrons. The molecule has 0 aliphatic heterocycles. The molecule has 0 amide bonds. The third kappa shape index (κ3) is 56.4. The molecule has 0 radical (unpaired) electrons. The molecule has 0 nitrogen and oxygen atoms in total. The van der Waals surface area contributed by atoms with Crippen molar-refractivity contribution in [3.8, 4) is 134 Å². The summed E-state index contributed by atoms with van der Waals surface area (Å²) in [6.07, 6.45) is 0. The Bertz CT molecular complexity index is 5970. The van der Waals surface area contributed by atoms with Gasteiger partial charge >= 0.3 is 0 Å². The van der Waals surface area contributed by atoms with Gasteiger partial charge in [0.25, 0.3) is 0 Å². The van der Waals surface area contributed by atoms with E-state index in [0.717, 1.165) is 0 Å². The van der Waals surface area contributed by atoms with Crippen molar-refractivity contribution < 1.29 is 0 Å². The smallest absolute Gasteiger partial charge is 0.0105 e. The molecular formula is C150H204. The summed E-state index contributed by atoms with van der Waals surface area (Å²) < 4.78 is 0. The van der Waals surface area contributed by atoms with Gasteiger partial charge in [-0.3, -0.25) is 0 Å². The summed E-state index contributed by atoms with van der Waals surface area (Å²) in [5.41, 5.74) is 38.3. The Morgan fingerprint density at radius 1 is 0.0800 bits per heavy atom. The Morgan fingerprint density at radius 2 is 0.213 bits per heavy atom. The molecular weight excluding hydrogens is 1800 g/mol. The highest BCUT2D eigenvalue weighted by molar-refractivity contribution is 5.84. The number of hydrogen-bond acceptors (Lipinski definition) is 0. The molecule has 0 bridgehead atoms. The van der Waals surface area contributed by atoms with Crippen LogP contribution in [0, 0.1) is 41.5 Å². The van der Waals surface area contributed by atoms with E-state index in [-0.39, 0.29) is 0 Å². The van der Waals surface area contributed by atoms with Crippen LogP contribution in [0.1, 0.15) is 283 Å². The van der Waals surface area contributed by atoms with Crippen molar-refractivity contribution in [1.29, 1.82) is 0 Å². The van der Waals surface area contributed by atoms with Crippen LogP contribution in [0.25, 0.3) is 134 Å². The van der Waals surface area contributed by atoms with Crippen molar-refractivity contribution >= 4 is 0 Å². The maximum absolute atomic E-state index is 2.26. The summed E-state index contributed by atoms with van der Waals surface area (Å²) in [6, 6.07) is 167. The van der Waals surface area contributed by atoms with Gasteiger partial charge in [0.2, 0.25) is 0 Å². The van der Waals surface area contributed by atoms with E-state index in [4.69, 9.17) is 0 Å². The topological polar surface area (TPSA) is 0 Å². The van der Waals surface area contributed by atoms with E-state index in [2.05, 4.69) is 490 Å². The quantitative estimate of drug-likeness (QED) is 0.114. The minimum absolute atomic E-state index is 1.26. The lowest BCUT2D eigenvalue weighted by Gasteiger charge is -2.10. The molecule has 18 aromatic rings. The summed E-state index contributed by atoms with van der Waals surface area (Å²) in [6.45, 7) is 84.8. The lowest BCUT2D eigenvalue weighted by atomic mass is 9.94. The highest BCUT2D eigenvalue weighted by Crippen LogP contribution is 2.36. The van der Waals surface area contributed by atoms with Crippen molar-refractivity contribution in [2.45, 2.75) is 291 Å². The summed E-state index contributed by atoms with van der Waals surface area (Å²) in [5.74, 6) is 0. The van der Waals surface area contributed by atoms with Gasteiger partial charge in [-0.2, -0.15) is 0 Å². The van der Waals surface area contributed by atoms with Gasteiger partial charge in [-0.15, -0.1) is 0 Å². The maximum Gasteiger partial charge on any atom is -0.0105 e. The molecule has 0 atom stereocenters. The van der Waals surface area contributed by atoms with E-state index >= 15 is 0 Å². The Balaban J connectivity index is -0.000000390. The molecule has 0 aromatic heterocycles. The predicted octanol–water partition coefficient (Wildman–Crippen LogP) is 50.4. The molecule has 0 heteroatoms. The zero-order valence-corrected chi connectivity index (χ0v) is 102. The van der Waals surface area contributed by atoms with Gasteiger partial charge in [-0.05, 0) is 204 Å². The molecule has 0 aliphatic carbocycles. The SMILES string of the molecule is CC.CC.CC.CC.CC.CC.CC.CC.CC.CC.CC.CC.CC.CC.CC.CC.CC.CC.Cc1ccc(-c2cccc(-c3ccccc3)c2)cc1.Cc1cccc(-c2ccc(-c3ccccc3)cc2)c1.Cc1cccc(-c2cccc(-c3ccccc3)c2)c1.Cc1cccc(-c2ccccc2-c2ccccc2)c1.Cc1ccccc1-c1ccc(-c2ccccc2)cc1.Cc1ccccc1-c1cccc(-c2ccccc2)c1. The summed E-state index contributed by atoms with van der Waals surface area (Å²) >= 11 is 0. The normalized spacial score (nSPS) is 8.60. The van der Waals surface area contributed by atoms with Crippen LogP contribution in [0.2, 0.25) is 0 Å². The van der Waals surface area contributed by atoms with Crippen molar-refractivity contribution in [2.24, 2.45) is 0 Å². The van der Waals surface area contributed by atoms with Crippen molar-refractivity contribution in [3.05, 3.63) is 507 Å². The highest BCUT2D eigenvalue weighted by atomic mass is 14.1. The van der Waals surface area contributed by atoms with Crippen molar-refractivity contribution in [3.63, 3.8) is 0 Å². The monoisotopic (exact) mass is 2010 g/mol. The summed E-state index contributed by atoms with van der Waals surface area (Å²) in [7, 11) is 0. The molecule has 0 spiro atoms. The fraction of sp³-hybridized carbons (Fsp3) is 0.280. The molecule has 0 unspecified atom stereocenters. The zero-order chi connectivity index (χ0) is 114. The van der Waals surface area contributed by atoms with Crippen molar-refractivity contribution in [2.75, 3.05) is 0 Å². The second kappa shape index (κ2) is 102. The van der Waals surface area contributed by atoms with Crippen LogP contribution in [0.3, 0.4) is 0 Å². The van der Waals surface area contributed by atoms with Crippen LogP contribution in [-0.4, -0.2) is 0 Å². The largest absolute Gasteiger partial charge is 0.0683 e. The average Bonchev–Trinajstić information content (AvgIpc) is 0.827. The van der Waals surface area contributed by atoms with Crippen LogP contribution in [0.5, 0.6) is 0 Å². The lowest BCUT2D eigenvalue weighted by molar-refractivity contribution is 1.46. The number of hydrogen-bond donors (Lipinski definition) is 0. The molecule has 150 heavy (non-hydrogen) atoms. The molecule has 0 fully saturated rings. The Hall–Kier alpha value is -14.0. The first kappa shape index (κ1) is 147. The van der Waals surface area contributed by atoms with Crippen LogP contribution in [0.4, 0.5) is 0 Å². The number of benzene rings is 18. The van der Waals surface area contributed by atoms with Crippen LogP contribution in [0.15, 0.2) is 473 Å². The number of rotatable bonds is 12. The van der Waals surface area contributed by atoms with E-state index in [1.807, 2.05) is 274 Å². The lowest BCUT2D eigenvalue weighted by Crippen LogP contribution is -1.85. The van der Waals surface area contributed by atoms with E-state index in [1.165, 1.54) is 167 Å². The third-order valence-corrected chi connectivity index (χ3v) is 20.2. The predicted molar refractivity (Wildman–Crippen MR) is 697 cm³/mol. The van der Waals surface area contributed by atoms with Crippen LogP contribution >= 0.6 is 0 Å². The third-order valence-electron chi connectivity index (χ3n) is 20.2. The Kier molecular flexibility index (Phi) is 99.9. The van der Waals surface area contributed by atoms with Gasteiger partial charge in [0.1, 0.15) is 0 Å². The van der Waals surface area contributed by atoms with Gasteiger partial charge < -0.3 is 0 Å². The minimum Gasteiger partial charge on any atom is -0.0683 e.